The highest BCUT2D eigenvalue weighted by molar-refractivity contribution is 14.1. The summed E-state index contributed by atoms with van der Waals surface area (Å²) in [6, 6.07) is 6.55. The quantitative estimate of drug-likeness (QED) is 0.269. The summed E-state index contributed by atoms with van der Waals surface area (Å²) >= 11 is 2.17. The van der Waals surface area contributed by atoms with Gasteiger partial charge in [0.25, 0.3) is 0 Å². The summed E-state index contributed by atoms with van der Waals surface area (Å²) in [5.74, 6) is 1.39. The van der Waals surface area contributed by atoms with E-state index in [-0.39, 0.29) is 17.6 Å². The van der Waals surface area contributed by atoms with Gasteiger partial charge in [0, 0.05) is 12.3 Å². The van der Waals surface area contributed by atoms with Gasteiger partial charge in [-0.3, -0.25) is 15.5 Å². The Morgan fingerprint density at radius 1 is 1.46 bits per heavy atom. The minimum Gasteiger partial charge on any atom is -0.490 e. The van der Waals surface area contributed by atoms with Crippen molar-refractivity contribution in [3.8, 4) is 11.5 Å². The largest absolute Gasteiger partial charge is 0.490 e. The monoisotopic (exact) mass is 470 g/mol. The second-order valence-corrected chi connectivity index (χ2v) is 6.59. The molecule has 1 aromatic heterocycles. The van der Waals surface area contributed by atoms with Crippen molar-refractivity contribution < 1.29 is 14.4 Å². The molecule has 2 rings (SSSR count). The topological polar surface area (TPSA) is 98.9 Å². The number of hydrazone groups is 1. The normalized spacial score (nSPS) is 11.0. The molecule has 0 aliphatic rings. The smallest absolute Gasteiger partial charge is 0.313 e. The Morgan fingerprint density at radius 3 is 2.88 bits per heavy atom. The molecule has 8 nitrogen and oxygen atoms in total. The molecule has 0 aliphatic carbocycles. The summed E-state index contributed by atoms with van der Waals surface area (Å²) in [4.78, 5) is 14.4. The molecule has 0 unspecified atom stereocenters. The highest BCUT2D eigenvalue weighted by atomic mass is 127. The van der Waals surface area contributed by atoms with Crippen LogP contribution >= 0.6 is 22.6 Å². The van der Waals surface area contributed by atoms with E-state index in [1.807, 2.05) is 26.8 Å². The van der Waals surface area contributed by atoms with Gasteiger partial charge in [-0.15, -0.1) is 0 Å². The molecule has 0 saturated heterocycles. The number of benzene rings is 1. The molecule has 9 heteroatoms. The predicted molar refractivity (Wildman–Crippen MR) is 108 cm³/mol. The van der Waals surface area contributed by atoms with Gasteiger partial charge < -0.3 is 9.47 Å². The molecule has 138 valence electrons. The lowest BCUT2D eigenvalue weighted by Crippen LogP contribution is -2.09. The van der Waals surface area contributed by atoms with Gasteiger partial charge in [0.15, 0.2) is 11.5 Å². The van der Waals surface area contributed by atoms with Crippen molar-refractivity contribution in [3.63, 3.8) is 0 Å². The molecule has 0 saturated carbocycles. The lowest BCUT2D eigenvalue weighted by molar-refractivity contribution is -0.384. The van der Waals surface area contributed by atoms with Gasteiger partial charge in [-0.05, 0) is 67.1 Å². The minimum atomic E-state index is -0.515. The van der Waals surface area contributed by atoms with Crippen molar-refractivity contribution in [3.05, 3.63) is 49.7 Å². The number of rotatable bonds is 8. The standard InChI is InChI=1S/C17H19IN4O4/c1-4-25-15-9-12(8-13(18)16(15)26-11(2)3)10-20-21-17-14(22(23)24)6-5-7-19-17/h5-11H,4H2,1-3H3,(H,19,21)/b20-10-. The van der Waals surface area contributed by atoms with E-state index in [9.17, 15) is 10.1 Å². The first-order valence-electron chi connectivity index (χ1n) is 7.93. The van der Waals surface area contributed by atoms with Crippen molar-refractivity contribution in [2.45, 2.75) is 26.9 Å². The number of aromatic nitrogens is 1. The van der Waals surface area contributed by atoms with Crippen LogP contribution in [0.2, 0.25) is 0 Å². The van der Waals surface area contributed by atoms with E-state index in [2.05, 4.69) is 38.1 Å². The van der Waals surface area contributed by atoms with Crippen molar-refractivity contribution >= 4 is 40.3 Å². The first-order chi connectivity index (χ1) is 12.4. The number of halogens is 1. The average molecular weight is 470 g/mol. The summed E-state index contributed by atoms with van der Waals surface area (Å²) < 4.78 is 12.4. The minimum absolute atomic E-state index is 0.0219. The second kappa shape index (κ2) is 9.32. The first kappa shape index (κ1) is 19.9. The summed E-state index contributed by atoms with van der Waals surface area (Å²) in [7, 11) is 0. The molecular formula is C17H19IN4O4. The van der Waals surface area contributed by atoms with E-state index in [1.54, 1.807) is 12.3 Å². The van der Waals surface area contributed by atoms with E-state index < -0.39 is 4.92 Å². The zero-order valence-electron chi connectivity index (χ0n) is 14.6. The summed E-state index contributed by atoms with van der Waals surface area (Å²) in [6.45, 7) is 6.30. The van der Waals surface area contributed by atoms with Crippen LogP contribution in [0.25, 0.3) is 0 Å². The van der Waals surface area contributed by atoms with E-state index in [4.69, 9.17) is 9.47 Å². The van der Waals surface area contributed by atoms with Crippen LogP contribution in [-0.4, -0.2) is 28.8 Å². The number of ether oxygens (including phenoxy) is 2. The lowest BCUT2D eigenvalue weighted by atomic mass is 10.2. The third kappa shape index (κ3) is 5.28. The van der Waals surface area contributed by atoms with Crippen molar-refractivity contribution in [2.75, 3.05) is 12.0 Å². The molecular weight excluding hydrogens is 451 g/mol. The van der Waals surface area contributed by atoms with Gasteiger partial charge in [-0.2, -0.15) is 5.10 Å². The zero-order valence-corrected chi connectivity index (χ0v) is 16.8. The second-order valence-electron chi connectivity index (χ2n) is 5.43. The van der Waals surface area contributed by atoms with Crippen molar-refractivity contribution in [1.29, 1.82) is 0 Å². The molecule has 0 amide bonds. The first-order valence-corrected chi connectivity index (χ1v) is 9.01. The van der Waals surface area contributed by atoms with Crippen LogP contribution in [0.1, 0.15) is 26.3 Å². The molecule has 0 spiro atoms. The van der Waals surface area contributed by atoms with Gasteiger partial charge in [-0.25, -0.2) is 4.98 Å². The molecule has 0 bridgehead atoms. The third-order valence-electron chi connectivity index (χ3n) is 3.05. The Balaban J connectivity index is 2.24. The maximum absolute atomic E-state index is 11.0. The van der Waals surface area contributed by atoms with Crippen LogP contribution in [-0.2, 0) is 0 Å². The van der Waals surface area contributed by atoms with Crippen LogP contribution in [0.5, 0.6) is 11.5 Å². The Morgan fingerprint density at radius 2 is 2.23 bits per heavy atom. The Bertz CT molecular complexity index is 811. The number of pyridine rings is 1. The molecule has 0 fully saturated rings. The highest BCUT2D eigenvalue weighted by Gasteiger charge is 2.14. The van der Waals surface area contributed by atoms with Crippen LogP contribution in [0, 0.1) is 13.7 Å². The number of nitrogens with one attached hydrogen (secondary N) is 1. The number of hydrogen-bond acceptors (Lipinski definition) is 7. The maximum Gasteiger partial charge on any atom is 0.313 e. The van der Waals surface area contributed by atoms with Crippen LogP contribution in [0.15, 0.2) is 35.6 Å². The van der Waals surface area contributed by atoms with Crippen LogP contribution < -0.4 is 14.9 Å². The van der Waals surface area contributed by atoms with Gasteiger partial charge in [0.05, 0.1) is 27.4 Å². The molecule has 2 aromatic rings. The number of nitrogens with zero attached hydrogens (tertiary/aromatic N) is 3. The Hall–Kier alpha value is -2.43. The van der Waals surface area contributed by atoms with E-state index in [0.717, 1.165) is 9.13 Å². The maximum atomic E-state index is 11.0. The number of hydrogen-bond donors (Lipinski definition) is 1. The zero-order chi connectivity index (χ0) is 19.1. The molecule has 1 N–H and O–H groups in total. The molecule has 0 atom stereocenters. The molecule has 0 aliphatic heterocycles. The SMILES string of the molecule is CCOc1cc(/C=N\Nc2ncccc2[N+](=O)[O-])cc(I)c1OC(C)C. The van der Waals surface area contributed by atoms with Gasteiger partial charge in [0.2, 0.25) is 5.82 Å². The lowest BCUT2D eigenvalue weighted by Gasteiger charge is -2.16. The van der Waals surface area contributed by atoms with E-state index >= 15 is 0 Å². The van der Waals surface area contributed by atoms with Gasteiger partial charge in [-0.1, -0.05) is 0 Å². The van der Waals surface area contributed by atoms with Crippen LogP contribution in [0.3, 0.4) is 0 Å². The number of anilines is 1. The highest BCUT2D eigenvalue weighted by Crippen LogP contribution is 2.34. The fourth-order valence-corrected chi connectivity index (χ4v) is 2.83. The molecule has 1 aromatic carbocycles. The number of nitro groups is 1. The fraction of sp³-hybridized carbons (Fsp3) is 0.294. The van der Waals surface area contributed by atoms with E-state index in [0.29, 0.717) is 18.1 Å². The molecule has 1 heterocycles. The summed E-state index contributed by atoms with van der Waals surface area (Å²) in [5, 5.41) is 15.0. The summed E-state index contributed by atoms with van der Waals surface area (Å²) in [5.41, 5.74) is 3.22. The van der Waals surface area contributed by atoms with E-state index in [1.165, 1.54) is 18.3 Å². The third-order valence-corrected chi connectivity index (χ3v) is 3.85. The van der Waals surface area contributed by atoms with Crippen molar-refractivity contribution in [2.24, 2.45) is 5.10 Å². The molecule has 26 heavy (non-hydrogen) atoms. The Kier molecular flexibility index (Phi) is 7.13. The van der Waals surface area contributed by atoms with Gasteiger partial charge >= 0.3 is 5.69 Å². The van der Waals surface area contributed by atoms with Crippen molar-refractivity contribution in [1.82, 2.24) is 4.98 Å². The fourth-order valence-electron chi connectivity index (χ4n) is 2.07. The molecule has 0 radical (unpaired) electrons. The summed E-state index contributed by atoms with van der Waals surface area (Å²) in [6.07, 6.45) is 3.02. The van der Waals surface area contributed by atoms with Crippen LogP contribution in [0.4, 0.5) is 11.5 Å². The average Bonchev–Trinajstić information content (AvgIpc) is 2.58. The van der Waals surface area contributed by atoms with Gasteiger partial charge in [0.1, 0.15) is 0 Å². The Labute approximate surface area is 164 Å². The predicted octanol–water partition coefficient (Wildman–Crippen LogP) is 4.23.